The van der Waals surface area contributed by atoms with E-state index in [0.717, 1.165) is 25.1 Å². The first-order valence-electron chi connectivity index (χ1n) is 10.2. The van der Waals surface area contributed by atoms with Crippen LogP contribution in [0.15, 0.2) is 47.3 Å². The van der Waals surface area contributed by atoms with Crippen molar-refractivity contribution in [3.05, 3.63) is 69.8 Å². The number of hydrogen-bond donors (Lipinski definition) is 2. The summed E-state index contributed by atoms with van der Waals surface area (Å²) in [6.07, 6.45) is 2.18. The number of thiocarbonyl (C=S) groups is 1. The maximum atomic E-state index is 12.5. The van der Waals surface area contributed by atoms with Gasteiger partial charge in [0.05, 0.1) is 23.6 Å². The molecular weight excluding hydrogens is 396 g/mol. The molecule has 0 amide bonds. The minimum Gasteiger partial charge on any atom is -0.376 e. The van der Waals surface area contributed by atoms with E-state index in [2.05, 4.69) is 47.3 Å². The zero-order valence-electron chi connectivity index (χ0n) is 17.3. The van der Waals surface area contributed by atoms with Crippen LogP contribution in [0.2, 0.25) is 0 Å². The smallest absolute Gasteiger partial charge is 0.258 e. The van der Waals surface area contributed by atoms with Gasteiger partial charge in [-0.2, -0.15) is 0 Å². The lowest BCUT2D eigenvalue weighted by Crippen LogP contribution is -2.40. The van der Waals surface area contributed by atoms with E-state index in [9.17, 15) is 4.79 Å². The van der Waals surface area contributed by atoms with Gasteiger partial charge in [0.2, 0.25) is 0 Å². The van der Waals surface area contributed by atoms with Gasteiger partial charge < -0.3 is 19.9 Å². The number of rotatable bonds is 5. The highest BCUT2D eigenvalue weighted by Gasteiger charge is 2.22. The maximum Gasteiger partial charge on any atom is 0.258 e. The van der Waals surface area contributed by atoms with Crippen LogP contribution < -0.4 is 10.9 Å². The number of aromatic nitrogens is 2. The van der Waals surface area contributed by atoms with Crippen molar-refractivity contribution >= 4 is 33.9 Å². The Labute approximate surface area is 181 Å². The lowest BCUT2D eigenvalue weighted by Gasteiger charge is -2.28. The van der Waals surface area contributed by atoms with Gasteiger partial charge in [0.15, 0.2) is 5.11 Å². The molecule has 0 unspecified atom stereocenters. The van der Waals surface area contributed by atoms with Crippen LogP contribution in [0.3, 0.4) is 0 Å². The van der Waals surface area contributed by atoms with E-state index in [1.54, 1.807) is 6.07 Å². The first kappa shape index (κ1) is 20.5. The Balaban J connectivity index is 1.59. The highest BCUT2D eigenvalue weighted by Crippen LogP contribution is 2.18. The minimum atomic E-state index is -0.138. The average Bonchev–Trinajstić information content (AvgIpc) is 3.20. The van der Waals surface area contributed by atoms with Gasteiger partial charge >= 0.3 is 0 Å². The molecule has 156 valence electrons. The Kier molecular flexibility index (Phi) is 6.11. The second-order valence-corrected chi connectivity index (χ2v) is 8.24. The summed E-state index contributed by atoms with van der Waals surface area (Å²) >= 11 is 5.75. The minimum absolute atomic E-state index is 0.121. The van der Waals surface area contributed by atoms with Crippen molar-refractivity contribution in [1.82, 2.24) is 14.9 Å². The van der Waals surface area contributed by atoms with Crippen molar-refractivity contribution in [2.45, 2.75) is 39.3 Å². The predicted octanol–water partition coefficient (Wildman–Crippen LogP) is 3.92. The van der Waals surface area contributed by atoms with Gasteiger partial charge in [-0.1, -0.05) is 18.2 Å². The number of H-pyrrole nitrogens is 1. The normalized spacial score (nSPS) is 16.0. The fourth-order valence-electron chi connectivity index (χ4n) is 3.89. The number of nitrogens with zero attached hydrogens (tertiary/aromatic N) is 2. The number of ether oxygens (including phenoxy) is 1. The summed E-state index contributed by atoms with van der Waals surface area (Å²) in [7, 11) is 0. The van der Waals surface area contributed by atoms with E-state index in [1.165, 1.54) is 11.1 Å². The molecule has 1 fully saturated rings. The summed E-state index contributed by atoms with van der Waals surface area (Å²) in [4.78, 5) is 22.0. The van der Waals surface area contributed by atoms with Crippen molar-refractivity contribution in [1.29, 1.82) is 0 Å². The van der Waals surface area contributed by atoms with E-state index in [1.807, 2.05) is 23.1 Å². The lowest BCUT2D eigenvalue weighted by atomic mass is 10.1. The number of para-hydroxylation sites is 1. The molecule has 1 aliphatic heterocycles. The highest BCUT2D eigenvalue weighted by molar-refractivity contribution is 7.80. The van der Waals surface area contributed by atoms with Gasteiger partial charge in [0.25, 0.3) is 5.56 Å². The zero-order valence-corrected chi connectivity index (χ0v) is 18.1. The number of fused-ring (bicyclic) bond motifs is 1. The van der Waals surface area contributed by atoms with E-state index < -0.39 is 0 Å². The lowest BCUT2D eigenvalue weighted by molar-refractivity contribution is 0.0900. The van der Waals surface area contributed by atoms with E-state index in [4.69, 9.17) is 17.0 Å². The predicted molar refractivity (Wildman–Crippen MR) is 124 cm³/mol. The van der Waals surface area contributed by atoms with Crippen molar-refractivity contribution in [3.8, 4) is 0 Å². The van der Waals surface area contributed by atoms with Crippen molar-refractivity contribution in [2.75, 3.05) is 18.5 Å². The van der Waals surface area contributed by atoms with E-state index in [-0.39, 0.29) is 11.7 Å². The molecule has 1 aliphatic rings. The summed E-state index contributed by atoms with van der Waals surface area (Å²) in [5.74, 6) is 0.585. The number of anilines is 1. The molecule has 0 radical (unpaired) electrons. The van der Waals surface area contributed by atoms with Gasteiger partial charge in [0.1, 0.15) is 5.82 Å². The Morgan fingerprint density at radius 3 is 2.77 bits per heavy atom. The molecule has 1 aromatic heterocycles. The molecule has 1 atom stereocenters. The van der Waals surface area contributed by atoms with E-state index >= 15 is 0 Å². The third kappa shape index (κ3) is 4.86. The molecule has 2 heterocycles. The number of aryl methyl sites for hydroxylation is 2. The van der Waals surface area contributed by atoms with Crippen LogP contribution in [-0.2, 0) is 11.3 Å². The fraction of sp³-hybridized carbons (Fsp3) is 0.348. The molecule has 3 aromatic rings. The summed E-state index contributed by atoms with van der Waals surface area (Å²) in [6, 6.07) is 13.6. The quantitative estimate of drug-likeness (QED) is 0.608. The van der Waals surface area contributed by atoms with E-state index in [0.29, 0.717) is 34.9 Å². The van der Waals surface area contributed by atoms with Gasteiger partial charge in [-0.05, 0) is 74.3 Å². The Hall–Kier alpha value is -2.77. The van der Waals surface area contributed by atoms with Crippen molar-refractivity contribution in [2.24, 2.45) is 0 Å². The van der Waals surface area contributed by atoms with Gasteiger partial charge in [-0.3, -0.25) is 4.79 Å². The molecule has 0 spiro atoms. The third-order valence-electron chi connectivity index (χ3n) is 5.21. The molecule has 6 nitrogen and oxygen atoms in total. The molecule has 0 bridgehead atoms. The Morgan fingerprint density at radius 1 is 1.27 bits per heavy atom. The Bertz CT molecular complexity index is 1100. The molecule has 30 heavy (non-hydrogen) atoms. The SMILES string of the molecule is Cc1cc(C)cc(NC(=S)N(Cc2nc3ccccc3c(=O)[nH]2)C[C@@H]2CCCO2)c1. The molecule has 2 aromatic carbocycles. The fourth-order valence-corrected chi connectivity index (χ4v) is 4.15. The average molecular weight is 423 g/mol. The highest BCUT2D eigenvalue weighted by atomic mass is 32.1. The van der Waals surface area contributed by atoms with Gasteiger partial charge in [-0.25, -0.2) is 4.98 Å². The number of hydrogen-bond acceptors (Lipinski definition) is 4. The number of aromatic amines is 1. The van der Waals surface area contributed by atoms with Gasteiger partial charge in [0, 0.05) is 18.8 Å². The summed E-state index contributed by atoms with van der Waals surface area (Å²) in [5.41, 5.74) is 3.84. The zero-order chi connectivity index (χ0) is 21.1. The summed E-state index contributed by atoms with van der Waals surface area (Å²) in [6.45, 7) is 5.95. The maximum absolute atomic E-state index is 12.5. The standard InChI is InChI=1S/C23H26N4O2S/c1-15-10-16(2)12-17(11-15)24-23(30)27(13-18-6-5-9-29-18)14-21-25-20-8-4-3-7-19(20)22(28)26-21/h3-4,7-8,10-12,18H,5-6,9,13-14H2,1-2H3,(H,24,30)(H,25,26,28)/t18-/m0/s1. The summed E-state index contributed by atoms with van der Waals surface area (Å²) in [5, 5.41) is 4.53. The molecule has 0 saturated carbocycles. The molecule has 1 saturated heterocycles. The summed E-state index contributed by atoms with van der Waals surface area (Å²) < 4.78 is 5.83. The second kappa shape index (κ2) is 8.93. The Morgan fingerprint density at radius 2 is 2.03 bits per heavy atom. The third-order valence-corrected chi connectivity index (χ3v) is 5.57. The second-order valence-electron chi connectivity index (χ2n) is 7.85. The van der Waals surface area contributed by atoms with Crippen molar-refractivity contribution in [3.63, 3.8) is 0 Å². The van der Waals surface area contributed by atoms with Crippen LogP contribution in [0.1, 0.15) is 29.8 Å². The molecule has 0 aliphatic carbocycles. The van der Waals surface area contributed by atoms with Crippen molar-refractivity contribution < 1.29 is 4.74 Å². The van der Waals surface area contributed by atoms with Crippen LogP contribution in [0, 0.1) is 13.8 Å². The van der Waals surface area contributed by atoms with Crippen LogP contribution in [0.5, 0.6) is 0 Å². The van der Waals surface area contributed by atoms with Crippen LogP contribution in [-0.4, -0.2) is 39.2 Å². The molecule has 7 heteroatoms. The number of nitrogens with one attached hydrogen (secondary N) is 2. The van der Waals surface area contributed by atoms with Crippen LogP contribution >= 0.6 is 12.2 Å². The molecule has 4 rings (SSSR count). The van der Waals surface area contributed by atoms with Crippen LogP contribution in [0.25, 0.3) is 10.9 Å². The molecule has 2 N–H and O–H groups in total. The largest absolute Gasteiger partial charge is 0.376 e. The topological polar surface area (TPSA) is 70.2 Å². The number of benzene rings is 2. The first-order chi connectivity index (χ1) is 14.5. The van der Waals surface area contributed by atoms with Gasteiger partial charge in [-0.15, -0.1) is 0 Å². The first-order valence-corrected chi connectivity index (χ1v) is 10.6. The molecular formula is C23H26N4O2S. The van der Waals surface area contributed by atoms with Crippen LogP contribution in [0.4, 0.5) is 5.69 Å². The monoisotopic (exact) mass is 422 g/mol.